The fraction of sp³-hybridized carbons (Fsp3) is 0.0870. The minimum Gasteiger partial charge on any atom is -0.507 e. The van der Waals surface area contributed by atoms with Gasteiger partial charge in [0, 0.05) is 11.6 Å². The lowest BCUT2D eigenvalue weighted by Gasteiger charge is -2.11. The Labute approximate surface area is 168 Å². The molecule has 6 heteroatoms. The summed E-state index contributed by atoms with van der Waals surface area (Å²) >= 11 is 0. The van der Waals surface area contributed by atoms with E-state index in [1.807, 2.05) is 43.3 Å². The Kier molecular flexibility index (Phi) is 4.83. The molecule has 0 radical (unpaired) electrons. The van der Waals surface area contributed by atoms with Crippen LogP contribution in [-0.4, -0.2) is 32.3 Å². The van der Waals surface area contributed by atoms with E-state index in [-0.39, 0.29) is 11.5 Å². The molecule has 0 atom stereocenters. The number of hydrogen-bond donors (Lipinski definition) is 2. The van der Waals surface area contributed by atoms with Crippen LogP contribution in [0.1, 0.15) is 5.56 Å². The standard InChI is InChI=1S/C23H19N3O3/c1-14-8-10-17(19(27)12-14)22-24-21(15-6-4-3-5-7-15)25-23(26-22)18-11-9-16(29-2)13-20(18)28/h3-13,27-28H,1-2H3. The van der Waals surface area contributed by atoms with Gasteiger partial charge in [0.25, 0.3) is 0 Å². The first-order chi connectivity index (χ1) is 14.0. The zero-order valence-corrected chi connectivity index (χ0v) is 16.0. The molecule has 0 unspecified atom stereocenters. The Morgan fingerprint density at radius 2 is 1.28 bits per heavy atom. The van der Waals surface area contributed by atoms with E-state index in [4.69, 9.17) is 4.74 Å². The molecule has 0 saturated carbocycles. The number of aromatic nitrogens is 3. The van der Waals surface area contributed by atoms with Gasteiger partial charge in [-0.3, -0.25) is 0 Å². The van der Waals surface area contributed by atoms with Crippen molar-refractivity contribution in [3.05, 3.63) is 72.3 Å². The number of phenolic OH excluding ortho intramolecular Hbond substituents is 2. The molecule has 4 rings (SSSR count). The van der Waals surface area contributed by atoms with E-state index in [0.29, 0.717) is 34.3 Å². The predicted octanol–water partition coefficient (Wildman–Crippen LogP) is 4.60. The van der Waals surface area contributed by atoms with Crippen molar-refractivity contribution in [1.82, 2.24) is 15.0 Å². The van der Waals surface area contributed by atoms with Crippen LogP contribution in [0.3, 0.4) is 0 Å². The topological polar surface area (TPSA) is 88.4 Å². The molecule has 0 aliphatic heterocycles. The highest BCUT2D eigenvalue weighted by Crippen LogP contribution is 2.34. The second-order valence-electron chi connectivity index (χ2n) is 6.58. The Balaban J connectivity index is 1.94. The highest BCUT2D eigenvalue weighted by molar-refractivity contribution is 5.72. The highest BCUT2D eigenvalue weighted by atomic mass is 16.5. The molecule has 144 valence electrons. The molecule has 0 aliphatic carbocycles. The van der Waals surface area contributed by atoms with Crippen LogP contribution < -0.4 is 4.74 Å². The average Bonchev–Trinajstić information content (AvgIpc) is 2.74. The minimum atomic E-state index is -0.00589. The Morgan fingerprint density at radius 3 is 1.86 bits per heavy atom. The van der Waals surface area contributed by atoms with Gasteiger partial charge in [0.1, 0.15) is 17.2 Å². The maximum atomic E-state index is 10.5. The number of aryl methyl sites for hydroxylation is 1. The molecular formula is C23H19N3O3. The van der Waals surface area contributed by atoms with Crippen molar-refractivity contribution >= 4 is 0 Å². The van der Waals surface area contributed by atoms with Gasteiger partial charge in [-0.1, -0.05) is 36.4 Å². The molecular weight excluding hydrogens is 366 g/mol. The average molecular weight is 385 g/mol. The summed E-state index contributed by atoms with van der Waals surface area (Å²) in [5.41, 5.74) is 2.66. The summed E-state index contributed by atoms with van der Waals surface area (Å²) in [5, 5.41) is 20.9. The smallest absolute Gasteiger partial charge is 0.167 e. The number of ether oxygens (including phenoxy) is 1. The fourth-order valence-electron chi connectivity index (χ4n) is 2.99. The lowest BCUT2D eigenvalue weighted by molar-refractivity contribution is 0.408. The summed E-state index contributed by atoms with van der Waals surface area (Å²) in [7, 11) is 1.53. The zero-order chi connectivity index (χ0) is 20.4. The van der Waals surface area contributed by atoms with Crippen molar-refractivity contribution in [2.45, 2.75) is 6.92 Å². The number of rotatable bonds is 4. The van der Waals surface area contributed by atoms with Gasteiger partial charge < -0.3 is 14.9 Å². The van der Waals surface area contributed by atoms with E-state index in [1.165, 1.54) is 13.2 Å². The molecule has 0 spiro atoms. The Hall–Kier alpha value is -3.93. The lowest BCUT2D eigenvalue weighted by atomic mass is 10.1. The summed E-state index contributed by atoms with van der Waals surface area (Å²) in [5.74, 6) is 1.67. The maximum Gasteiger partial charge on any atom is 0.167 e. The van der Waals surface area contributed by atoms with Crippen LogP contribution in [0.15, 0.2) is 66.7 Å². The zero-order valence-electron chi connectivity index (χ0n) is 16.0. The van der Waals surface area contributed by atoms with Gasteiger partial charge in [0.05, 0.1) is 18.2 Å². The van der Waals surface area contributed by atoms with E-state index in [1.54, 1.807) is 24.3 Å². The largest absolute Gasteiger partial charge is 0.507 e. The predicted molar refractivity (Wildman–Crippen MR) is 111 cm³/mol. The summed E-state index contributed by atoms with van der Waals surface area (Å²) in [4.78, 5) is 13.6. The summed E-state index contributed by atoms with van der Waals surface area (Å²) in [6.07, 6.45) is 0. The summed E-state index contributed by atoms with van der Waals surface area (Å²) < 4.78 is 5.15. The SMILES string of the molecule is COc1ccc(-c2nc(-c3ccccc3)nc(-c3ccc(C)cc3O)n2)c(O)c1. The third kappa shape index (κ3) is 3.73. The maximum absolute atomic E-state index is 10.5. The van der Waals surface area contributed by atoms with Crippen LogP contribution in [0.4, 0.5) is 0 Å². The van der Waals surface area contributed by atoms with Crippen molar-refractivity contribution in [2.75, 3.05) is 7.11 Å². The van der Waals surface area contributed by atoms with Gasteiger partial charge >= 0.3 is 0 Å². The number of nitrogens with zero attached hydrogens (tertiary/aromatic N) is 3. The third-order valence-electron chi connectivity index (χ3n) is 4.51. The van der Waals surface area contributed by atoms with Crippen molar-refractivity contribution in [3.63, 3.8) is 0 Å². The quantitative estimate of drug-likeness (QED) is 0.534. The van der Waals surface area contributed by atoms with Gasteiger partial charge in [-0.05, 0) is 36.8 Å². The van der Waals surface area contributed by atoms with Gasteiger partial charge in [-0.2, -0.15) is 0 Å². The van der Waals surface area contributed by atoms with E-state index >= 15 is 0 Å². The van der Waals surface area contributed by atoms with Crippen molar-refractivity contribution in [1.29, 1.82) is 0 Å². The molecule has 0 saturated heterocycles. The van der Waals surface area contributed by atoms with E-state index in [2.05, 4.69) is 15.0 Å². The van der Waals surface area contributed by atoms with Crippen molar-refractivity contribution < 1.29 is 14.9 Å². The molecule has 29 heavy (non-hydrogen) atoms. The van der Waals surface area contributed by atoms with Crippen LogP contribution in [0, 0.1) is 6.92 Å². The van der Waals surface area contributed by atoms with Crippen LogP contribution in [0.2, 0.25) is 0 Å². The molecule has 1 aromatic heterocycles. The first-order valence-electron chi connectivity index (χ1n) is 9.04. The number of methoxy groups -OCH3 is 1. The first-order valence-corrected chi connectivity index (χ1v) is 9.04. The van der Waals surface area contributed by atoms with Crippen molar-refractivity contribution in [3.8, 4) is 51.4 Å². The normalized spacial score (nSPS) is 10.7. The molecule has 0 bridgehead atoms. The molecule has 0 amide bonds. The van der Waals surface area contributed by atoms with Crippen LogP contribution in [0.5, 0.6) is 17.2 Å². The molecule has 0 fully saturated rings. The van der Waals surface area contributed by atoms with E-state index in [9.17, 15) is 10.2 Å². The molecule has 3 aromatic carbocycles. The monoisotopic (exact) mass is 385 g/mol. The van der Waals surface area contributed by atoms with Gasteiger partial charge in [-0.25, -0.2) is 15.0 Å². The number of aromatic hydroxyl groups is 2. The van der Waals surface area contributed by atoms with Crippen LogP contribution in [0.25, 0.3) is 34.2 Å². The first kappa shape index (κ1) is 18.4. The number of benzene rings is 3. The summed E-state index contributed by atoms with van der Waals surface area (Å²) in [6, 6.07) is 19.7. The molecule has 1 heterocycles. The van der Waals surface area contributed by atoms with E-state index in [0.717, 1.165) is 11.1 Å². The molecule has 0 aliphatic rings. The number of phenols is 2. The van der Waals surface area contributed by atoms with Gasteiger partial charge in [0.2, 0.25) is 0 Å². The second-order valence-corrected chi connectivity index (χ2v) is 6.58. The Bertz CT molecular complexity index is 1180. The third-order valence-corrected chi connectivity index (χ3v) is 4.51. The van der Waals surface area contributed by atoms with Gasteiger partial charge in [0.15, 0.2) is 17.5 Å². The lowest BCUT2D eigenvalue weighted by Crippen LogP contribution is -2.00. The van der Waals surface area contributed by atoms with Crippen LogP contribution in [-0.2, 0) is 0 Å². The van der Waals surface area contributed by atoms with Gasteiger partial charge in [-0.15, -0.1) is 0 Å². The Morgan fingerprint density at radius 1 is 0.690 bits per heavy atom. The second kappa shape index (κ2) is 7.59. The van der Waals surface area contributed by atoms with Crippen LogP contribution >= 0.6 is 0 Å². The fourth-order valence-corrected chi connectivity index (χ4v) is 2.99. The number of hydrogen-bond acceptors (Lipinski definition) is 6. The highest BCUT2D eigenvalue weighted by Gasteiger charge is 2.16. The molecule has 4 aromatic rings. The van der Waals surface area contributed by atoms with Crippen molar-refractivity contribution in [2.24, 2.45) is 0 Å². The molecule has 6 nitrogen and oxygen atoms in total. The minimum absolute atomic E-state index is 0.00589. The van der Waals surface area contributed by atoms with E-state index < -0.39 is 0 Å². The summed E-state index contributed by atoms with van der Waals surface area (Å²) in [6.45, 7) is 1.90. The molecule has 2 N–H and O–H groups in total.